The lowest BCUT2D eigenvalue weighted by molar-refractivity contribution is 0.00578. The second-order valence-corrected chi connectivity index (χ2v) is 8.19. The fraction of sp³-hybridized carbons (Fsp3) is 0.400. The Balaban J connectivity index is 1.57. The largest absolute Gasteiger partial charge is 0.497 e. The van der Waals surface area contributed by atoms with Crippen molar-refractivity contribution in [2.75, 3.05) is 0 Å². The van der Waals surface area contributed by atoms with Crippen LogP contribution in [0.4, 0.5) is 8.78 Å². The molecule has 0 bridgehead atoms. The van der Waals surface area contributed by atoms with Crippen LogP contribution in [0.1, 0.15) is 49.3 Å². The van der Waals surface area contributed by atoms with E-state index in [1.54, 1.807) is 18.3 Å². The number of carbonyl (C=O) groups is 1. The van der Waals surface area contributed by atoms with E-state index in [2.05, 4.69) is 4.98 Å². The number of nitrogens with zero attached hydrogens (tertiary/aromatic N) is 2. The molecule has 1 aromatic carbocycles. The van der Waals surface area contributed by atoms with Gasteiger partial charge in [0.15, 0.2) is 11.6 Å². The maximum absolute atomic E-state index is 14.8. The van der Waals surface area contributed by atoms with Gasteiger partial charge < -0.3 is 14.2 Å². The molecule has 0 unspecified atom stereocenters. The molecule has 28 heavy (non-hydrogen) atoms. The first-order valence-electron chi connectivity index (χ1n) is 9.16. The molecule has 1 saturated heterocycles. The first kappa shape index (κ1) is 19.0. The highest BCUT2D eigenvalue weighted by atomic mass is 19.2. The number of hydrogen-bond donors (Lipinski definition) is 0. The lowest BCUT2D eigenvalue weighted by atomic mass is 9.78. The highest BCUT2D eigenvalue weighted by Gasteiger charge is 2.52. The smallest absolute Gasteiger partial charge is 0.399 e. The zero-order chi connectivity index (χ0) is 20.3. The van der Waals surface area contributed by atoms with E-state index in [1.165, 1.54) is 17.0 Å². The SMILES string of the molecule is CC1(C)OB(c2ccc(CN3Cc4ncccc4C3=O)c(F)c2F)OC1(C)C. The van der Waals surface area contributed by atoms with Crippen molar-refractivity contribution in [3.63, 3.8) is 0 Å². The Kier molecular flexibility index (Phi) is 4.32. The molecule has 3 heterocycles. The van der Waals surface area contributed by atoms with Crippen molar-refractivity contribution >= 4 is 18.5 Å². The molecule has 2 aliphatic heterocycles. The molecule has 5 nitrogen and oxygen atoms in total. The molecule has 1 amide bonds. The van der Waals surface area contributed by atoms with Gasteiger partial charge in [-0.2, -0.15) is 0 Å². The summed E-state index contributed by atoms with van der Waals surface area (Å²) in [5.74, 6) is -2.25. The molecule has 0 atom stereocenters. The summed E-state index contributed by atoms with van der Waals surface area (Å²) in [5, 5.41) is 0. The molecule has 1 aromatic heterocycles. The van der Waals surface area contributed by atoms with Crippen LogP contribution in [0, 0.1) is 11.6 Å². The minimum Gasteiger partial charge on any atom is -0.399 e. The molecule has 0 saturated carbocycles. The Labute approximate surface area is 162 Å². The number of rotatable bonds is 3. The second kappa shape index (κ2) is 6.35. The summed E-state index contributed by atoms with van der Waals surface area (Å²) in [6, 6.07) is 6.30. The van der Waals surface area contributed by atoms with Crippen molar-refractivity contribution in [2.45, 2.75) is 52.0 Å². The normalized spacial score (nSPS) is 20.0. The number of halogens is 2. The van der Waals surface area contributed by atoms with Crippen molar-refractivity contribution in [1.82, 2.24) is 9.88 Å². The number of fused-ring (bicyclic) bond motifs is 1. The van der Waals surface area contributed by atoms with Crippen LogP contribution < -0.4 is 5.46 Å². The van der Waals surface area contributed by atoms with Crippen LogP contribution in [-0.4, -0.2) is 34.1 Å². The number of amides is 1. The van der Waals surface area contributed by atoms with Crippen LogP contribution in [0.2, 0.25) is 0 Å². The lowest BCUT2D eigenvalue weighted by Crippen LogP contribution is -2.41. The molecular formula is C20H21BF2N2O3. The van der Waals surface area contributed by atoms with Gasteiger partial charge in [0.25, 0.3) is 5.91 Å². The summed E-state index contributed by atoms with van der Waals surface area (Å²) < 4.78 is 41.2. The van der Waals surface area contributed by atoms with Gasteiger partial charge >= 0.3 is 7.12 Å². The fourth-order valence-corrected chi connectivity index (χ4v) is 3.39. The maximum Gasteiger partial charge on any atom is 0.497 e. The van der Waals surface area contributed by atoms with E-state index < -0.39 is 30.0 Å². The molecule has 0 aliphatic carbocycles. The van der Waals surface area contributed by atoms with E-state index in [9.17, 15) is 13.6 Å². The maximum atomic E-state index is 14.8. The van der Waals surface area contributed by atoms with Crippen molar-refractivity contribution in [2.24, 2.45) is 0 Å². The Morgan fingerprint density at radius 1 is 1.11 bits per heavy atom. The summed E-state index contributed by atoms with van der Waals surface area (Å²) in [6.45, 7) is 7.62. The predicted octanol–water partition coefficient (Wildman–Crippen LogP) is 2.82. The number of benzene rings is 1. The Morgan fingerprint density at radius 2 is 1.79 bits per heavy atom. The molecule has 2 aromatic rings. The summed E-state index contributed by atoms with van der Waals surface area (Å²) in [5.41, 5.74) is -0.0593. The Morgan fingerprint density at radius 3 is 2.43 bits per heavy atom. The first-order chi connectivity index (χ1) is 13.1. The van der Waals surface area contributed by atoms with Crippen molar-refractivity contribution in [3.05, 3.63) is 58.9 Å². The van der Waals surface area contributed by atoms with E-state index in [4.69, 9.17) is 9.31 Å². The number of aromatic nitrogens is 1. The van der Waals surface area contributed by atoms with Gasteiger partial charge in [-0.25, -0.2) is 8.78 Å². The highest BCUT2D eigenvalue weighted by Crippen LogP contribution is 2.37. The summed E-state index contributed by atoms with van der Waals surface area (Å²) in [4.78, 5) is 18.1. The van der Waals surface area contributed by atoms with Crippen LogP contribution in [-0.2, 0) is 22.4 Å². The van der Waals surface area contributed by atoms with Crippen LogP contribution in [0.3, 0.4) is 0 Å². The molecule has 0 spiro atoms. The monoisotopic (exact) mass is 386 g/mol. The molecule has 2 aliphatic rings. The van der Waals surface area contributed by atoms with E-state index in [0.29, 0.717) is 11.3 Å². The average Bonchev–Trinajstić information content (AvgIpc) is 3.05. The van der Waals surface area contributed by atoms with Gasteiger partial charge in [0.2, 0.25) is 0 Å². The third-order valence-electron chi connectivity index (χ3n) is 5.81. The molecule has 8 heteroatoms. The van der Waals surface area contributed by atoms with Crippen molar-refractivity contribution < 1.29 is 22.9 Å². The standard InChI is InChI=1S/C20H21BF2N2O3/c1-19(2)20(3,4)28-21(27-19)14-8-7-12(16(22)17(14)23)10-25-11-15-13(18(25)26)6-5-9-24-15/h5-9H,10-11H2,1-4H3. The molecule has 1 fully saturated rings. The second-order valence-electron chi connectivity index (χ2n) is 8.19. The van der Waals surface area contributed by atoms with Gasteiger partial charge in [-0.3, -0.25) is 9.78 Å². The third kappa shape index (κ3) is 2.91. The van der Waals surface area contributed by atoms with E-state index >= 15 is 0 Å². The molecule has 146 valence electrons. The fourth-order valence-electron chi connectivity index (χ4n) is 3.39. The lowest BCUT2D eigenvalue weighted by Gasteiger charge is -2.32. The van der Waals surface area contributed by atoms with Crippen molar-refractivity contribution in [3.8, 4) is 0 Å². The van der Waals surface area contributed by atoms with Crippen LogP contribution in [0.15, 0.2) is 30.5 Å². The average molecular weight is 386 g/mol. The number of hydrogen-bond acceptors (Lipinski definition) is 4. The van der Waals surface area contributed by atoms with Crippen LogP contribution in [0.5, 0.6) is 0 Å². The van der Waals surface area contributed by atoms with Gasteiger partial charge in [0.1, 0.15) is 0 Å². The number of carbonyl (C=O) groups excluding carboxylic acids is 1. The molecular weight excluding hydrogens is 365 g/mol. The first-order valence-corrected chi connectivity index (χ1v) is 9.16. The predicted molar refractivity (Wildman–Crippen MR) is 99.9 cm³/mol. The highest BCUT2D eigenvalue weighted by molar-refractivity contribution is 6.62. The summed E-state index contributed by atoms with van der Waals surface area (Å²) in [6.07, 6.45) is 1.61. The van der Waals surface area contributed by atoms with E-state index in [0.717, 1.165) is 0 Å². The zero-order valence-electron chi connectivity index (χ0n) is 16.3. The van der Waals surface area contributed by atoms with Crippen LogP contribution >= 0.6 is 0 Å². The topological polar surface area (TPSA) is 51.7 Å². The van der Waals surface area contributed by atoms with Gasteiger partial charge in [-0.05, 0) is 39.8 Å². The van der Waals surface area contributed by atoms with E-state index in [-0.39, 0.29) is 30.0 Å². The Bertz CT molecular complexity index is 948. The summed E-state index contributed by atoms with van der Waals surface area (Å²) >= 11 is 0. The number of pyridine rings is 1. The van der Waals surface area contributed by atoms with Gasteiger partial charge in [0, 0.05) is 23.8 Å². The third-order valence-corrected chi connectivity index (χ3v) is 5.81. The molecule has 0 N–H and O–H groups in total. The van der Waals surface area contributed by atoms with Gasteiger partial charge in [0.05, 0.1) is 29.0 Å². The zero-order valence-corrected chi connectivity index (χ0v) is 16.3. The summed E-state index contributed by atoms with van der Waals surface area (Å²) in [7, 11) is -0.990. The minimum atomic E-state index is -1.02. The Hall–Kier alpha value is -2.32. The van der Waals surface area contributed by atoms with Gasteiger partial charge in [-0.1, -0.05) is 12.1 Å². The van der Waals surface area contributed by atoms with Crippen molar-refractivity contribution in [1.29, 1.82) is 0 Å². The van der Waals surface area contributed by atoms with Gasteiger partial charge in [-0.15, -0.1) is 0 Å². The molecule has 4 rings (SSSR count). The minimum absolute atomic E-state index is 0.0117. The quantitative estimate of drug-likeness (QED) is 0.762. The van der Waals surface area contributed by atoms with Crippen LogP contribution in [0.25, 0.3) is 0 Å². The van der Waals surface area contributed by atoms with E-state index in [1.807, 2.05) is 27.7 Å². The molecule has 0 radical (unpaired) electrons.